The molecule has 0 atom stereocenters. The number of aryl methyl sites for hydroxylation is 1. The van der Waals surface area contributed by atoms with Crippen LogP contribution in [0.1, 0.15) is 27.2 Å². The summed E-state index contributed by atoms with van der Waals surface area (Å²) in [5, 5.41) is 10.6. The zero-order valence-corrected chi connectivity index (χ0v) is 14.6. The van der Waals surface area contributed by atoms with Crippen LogP contribution in [0.15, 0.2) is 64.3 Å². The Morgan fingerprint density at radius 1 is 1.19 bits per heavy atom. The molecule has 6 nitrogen and oxygen atoms in total. The van der Waals surface area contributed by atoms with E-state index in [1.807, 2.05) is 49.4 Å². The van der Waals surface area contributed by atoms with Crippen LogP contribution in [0.5, 0.6) is 0 Å². The van der Waals surface area contributed by atoms with Gasteiger partial charge in [-0.1, -0.05) is 52.3 Å². The lowest BCUT2D eigenvalue weighted by molar-refractivity contribution is 0.0947. The van der Waals surface area contributed by atoms with E-state index in [1.54, 1.807) is 18.3 Å². The molecule has 0 aliphatic heterocycles. The fourth-order valence-corrected chi connectivity index (χ4v) is 2.36. The summed E-state index contributed by atoms with van der Waals surface area (Å²) in [6, 6.07) is 16.9. The molecule has 26 heavy (non-hydrogen) atoms. The maximum atomic E-state index is 12.1. The van der Waals surface area contributed by atoms with Gasteiger partial charge in [0, 0.05) is 17.2 Å². The van der Waals surface area contributed by atoms with Crippen molar-refractivity contribution in [3.8, 4) is 11.3 Å². The first-order valence-electron chi connectivity index (χ1n) is 8.13. The van der Waals surface area contributed by atoms with Crippen molar-refractivity contribution in [2.24, 2.45) is 5.16 Å². The highest BCUT2D eigenvalue weighted by Gasteiger charge is 2.09. The molecule has 0 fully saturated rings. The fraction of sp³-hybridized carbons (Fsp3) is 0.150. The summed E-state index contributed by atoms with van der Waals surface area (Å²) in [7, 11) is 1.50. The SMILES string of the molecule is CON=Cc1ccc(-c2cc(CNC(=O)c3ccc(C)cc3)on2)cc1. The predicted molar refractivity (Wildman–Crippen MR) is 98.9 cm³/mol. The maximum absolute atomic E-state index is 12.1. The Labute approximate surface area is 151 Å². The lowest BCUT2D eigenvalue weighted by Crippen LogP contribution is -2.22. The third-order valence-corrected chi connectivity index (χ3v) is 3.81. The van der Waals surface area contributed by atoms with Crippen LogP contribution in [0.3, 0.4) is 0 Å². The van der Waals surface area contributed by atoms with Crippen molar-refractivity contribution in [2.75, 3.05) is 7.11 Å². The molecule has 0 unspecified atom stereocenters. The smallest absolute Gasteiger partial charge is 0.251 e. The van der Waals surface area contributed by atoms with Gasteiger partial charge < -0.3 is 14.7 Å². The summed E-state index contributed by atoms with van der Waals surface area (Å²) in [5.41, 5.74) is 4.27. The molecular weight excluding hydrogens is 330 g/mol. The molecule has 3 rings (SSSR count). The second-order valence-electron chi connectivity index (χ2n) is 5.77. The number of hydrogen-bond donors (Lipinski definition) is 1. The lowest BCUT2D eigenvalue weighted by atomic mass is 10.1. The zero-order valence-electron chi connectivity index (χ0n) is 14.6. The Hall–Kier alpha value is -3.41. The quantitative estimate of drug-likeness (QED) is 0.545. The third kappa shape index (κ3) is 4.36. The largest absolute Gasteiger partial charge is 0.399 e. The molecule has 1 N–H and O–H groups in total. The summed E-state index contributed by atoms with van der Waals surface area (Å²) in [4.78, 5) is 16.8. The van der Waals surface area contributed by atoms with Crippen LogP contribution in [0.2, 0.25) is 0 Å². The topological polar surface area (TPSA) is 76.7 Å². The fourth-order valence-electron chi connectivity index (χ4n) is 2.36. The summed E-state index contributed by atoms with van der Waals surface area (Å²) in [6.45, 7) is 2.26. The standard InChI is InChI=1S/C20H19N3O3/c1-14-3-7-17(8-4-14)20(24)21-13-18-11-19(23-26-18)16-9-5-15(6-10-16)12-22-25-2/h3-12H,13H2,1-2H3,(H,21,24). The highest BCUT2D eigenvalue weighted by Crippen LogP contribution is 2.19. The molecule has 1 amide bonds. The molecule has 0 spiro atoms. The number of carbonyl (C=O) groups excluding carboxylic acids is 1. The normalized spacial score (nSPS) is 10.8. The molecule has 2 aromatic carbocycles. The van der Waals surface area contributed by atoms with Crippen LogP contribution in [-0.4, -0.2) is 24.4 Å². The Kier molecular flexibility index (Phi) is 5.43. The van der Waals surface area contributed by atoms with Crippen molar-refractivity contribution < 1.29 is 14.2 Å². The highest BCUT2D eigenvalue weighted by molar-refractivity contribution is 5.94. The van der Waals surface area contributed by atoms with Crippen LogP contribution in [0.4, 0.5) is 0 Å². The van der Waals surface area contributed by atoms with E-state index in [0.29, 0.717) is 17.0 Å². The highest BCUT2D eigenvalue weighted by atomic mass is 16.6. The van der Waals surface area contributed by atoms with E-state index in [4.69, 9.17) is 4.52 Å². The first-order valence-corrected chi connectivity index (χ1v) is 8.13. The molecule has 0 aliphatic rings. The summed E-state index contributed by atoms with van der Waals surface area (Å²) in [6.07, 6.45) is 1.62. The van der Waals surface area contributed by atoms with E-state index in [0.717, 1.165) is 16.7 Å². The first kappa shape index (κ1) is 17.4. The molecule has 1 aromatic heterocycles. The van der Waals surface area contributed by atoms with Crippen molar-refractivity contribution >= 4 is 12.1 Å². The average Bonchev–Trinajstić information content (AvgIpc) is 3.14. The van der Waals surface area contributed by atoms with Gasteiger partial charge >= 0.3 is 0 Å². The van der Waals surface area contributed by atoms with Crippen LogP contribution < -0.4 is 5.32 Å². The molecule has 6 heteroatoms. The molecule has 0 radical (unpaired) electrons. The molecule has 1 heterocycles. The van der Waals surface area contributed by atoms with E-state index in [2.05, 4.69) is 20.5 Å². The number of nitrogens with zero attached hydrogens (tertiary/aromatic N) is 2. The number of aromatic nitrogens is 1. The molecule has 0 saturated heterocycles. The van der Waals surface area contributed by atoms with Crippen LogP contribution in [-0.2, 0) is 11.4 Å². The second kappa shape index (κ2) is 8.11. The molecule has 0 saturated carbocycles. The van der Waals surface area contributed by atoms with Crippen LogP contribution >= 0.6 is 0 Å². The number of carbonyl (C=O) groups is 1. The van der Waals surface area contributed by atoms with Crippen LogP contribution in [0, 0.1) is 6.92 Å². The summed E-state index contributed by atoms with van der Waals surface area (Å²) in [5.74, 6) is 0.440. The Morgan fingerprint density at radius 3 is 2.62 bits per heavy atom. The molecule has 0 aliphatic carbocycles. The number of nitrogens with one attached hydrogen (secondary N) is 1. The van der Waals surface area contributed by atoms with E-state index >= 15 is 0 Å². The van der Waals surface area contributed by atoms with Gasteiger partial charge in [0.05, 0.1) is 12.8 Å². The minimum Gasteiger partial charge on any atom is -0.399 e. The molecule has 132 valence electrons. The third-order valence-electron chi connectivity index (χ3n) is 3.81. The zero-order chi connectivity index (χ0) is 18.4. The van der Waals surface area contributed by atoms with Gasteiger partial charge in [0.2, 0.25) is 0 Å². The van der Waals surface area contributed by atoms with E-state index in [-0.39, 0.29) is 12.5 Å². The number of benzene rings is 2. The van der Waals surface area contributed by atoms with E-state index < -0.39 is 0 Å². The lowest BCUT2D eigenvalue weighted by Gasteiger charge is -2.03. The Balaban J connectivity index is 1.61. The van der Waals surface area contributed by atoms with Gasteiger partial charge in [-0.25, -0.2) is 0 Å². The Bertz CT molecular complexity index is 897. The monoisotopic (exact) mass is 349 g/mol. The average molecular weight is 349 g/mol. The van der Waals surface area contributed by atoms with Crippen molar-refractivity contribution in [1.29, 1.82) is 0 Å². The summed E-state index contributed by atoms with van der Waals surface area (Å²) >= 11 is 0. The minimum atomic E-state index is -0.148. The van der Waals surface area contributed by atoms with Crippen molar-refractivity contribution in [2.45, 2.75) is 13.5 Å². The van der Waals surface area contributed by atoms with Gasteiger partial charge in [0.1, 0.15) is 12.8 Å². The molecule has 3 aromatic rings. The second-order valence-corrected chi connectivity index (χ2v) is 5.77. The Morgan fingerprint density at radius 2 is 1.92 bits per heavy atom. The minimum absolute atomic E-state index is 0.148. The van der Waals surface area contributed by atoms with Gasteiger partial charge in [-0.05, 0) is 24.6 Å². The number of oxime groups is 1. The van der Waals surface area contributed by atoms with Crippen LogP contribution in [0.25, 0.3) is 11.3 Å². The van der Waals surface area contributed by atoms with Crippen molar-refractivity contribution in [1.82, 2.24) is 10.5 Å². The predicted octanol–water partition coefficient (Wildman–Crippen LogP) is 3.56. The summed E-state index contributed by atoms with van der Waals surface area (Å²) < 4.78 is 5.31. The van der Waals surface area contributed by atoms with E-state index in [1.165, 1.54) is 7.11 Å². The number of amides is 1. The van der Waals surface area contributed by atoms with Gasteiger partial charge in [0.15, 0.2) is 5.76 Å². The van der Waals surface area contributed by atoms with Gasteiger partial charge in [-0.2, -0.15) is 0 Å². The van der Waals surface area contributed by atoms with Crippen molar-refractivity contribution in [3.63, 3.8) is 0 Å². The van der Waals surface area contributed by atoms with E-state index in [9.17, 15) is 4.79 Å². The molecular formula is C20H19N3O3. The van der Waals surface area contributed by atoms with Gasteiger partial charge in [-0.3, -0.25) is 4.79 Å². The van der Waals surface area contributed by atoms with Crippen molar-refractivity contribution in [3.05, 3.63) is 77.0 Å². The first-order chi connectivity index (χ1) is 12.7. The number of rotatable bonds is 6. The molecule has 0 bridgehead atoms. The number of hydrogen-bond acceptors (Lipinski definition) is 5. The van der Waals surface area contributed by atoms with Gasteiger partial charge in [0.25, 0.3) is 5.91 Å². The van der Waals surface area contributed by atoms with Gasteiger partial charge in [-0.15, -0.1) is 0 Å². The maximum Gasteiger partial charge on any atom is 0.251 e.